The first-order valence-electron chi connectivity index (χ1n) is 8.86. The molecular weight excluding hydrogens is 410 g/mol. The Labute approximate surface area is 168 Å². The number of ether oxygens (including phenoxy) is 2. The Morgan fingerprint density at radius 1 is 1.39 bits per heavy atom. The number of methoxy groups -OCH3 is 1. The van der Waals surface area contributed by atoms with E-state index in [1.807, 2.05) is 0 Å². The van der Waals surface area contributed by atoms with E-state index in [0.717, 1.165) is 0 Å². The summed E-state index contributed by atoms with van der Waals surface area (Å²) in [5, 5.41) is 5.37. The van der Waals surface area contributed by atoms with Crippen molar-refractivity contribution in [1.29, 1.82) is 0 Å². The van der Waals surface area contributed by atoms with Crippen molar-refractivity contribution in [3.63, 3.8) is 0 Å². The number of hydrogen-bond acceptors (Lipinski definition) is 6. The number of carbonyl (C=O) groups is 2. The van der Waals surface area contributed by atoms with Gasteiger partial charge in [0.1, 0.15) is 10.6 Å². The van der Waals surface area contributed by atoms with E-state index in [4.69, 9.17) is 21.1 Å². The number of fused-ring (bicyclic) bond motifs is 1. The zero-order chi connectivity index (χ0) is 20.3. The van der Waals surface area contributed by atoms with Crippen LogP contribution in [0.25, 0.3) is 0 Å². The number of anilines is 1. The van der Waals surface area contributed by atoms with Gasteiger partial charge in [-0.25, -0.2) is 8.42 Å². The molecule has 2 aliphatic rings. The van der Waals surface area contributed by atoms with E-state index >= 15 is 0 Å². The van der Waals surface area contributed by atoms with Crippen molar-refractivity contribution in [2.24, 2.45) is 5.92 Å². The molecule has 0 aromatic heterocycles. The lowest BCUT2D eigenvalue weighted by molar-refractivity contribution is -0.126. The number of sulfonamides is 1. The van der Waals surface area contributed by atoms with Gasteiger partial charge < -0.3 is 20.1 Å². The normalized spacial score (nSPS) is 18.1. The van der Waals surface area contributed by atoms with Gasteiger partial charge in [-0.2, -0.15) is 4.31 Å². The topological polar surface area (TPSA) is 114 Å². The Morgan fingerprint density at radius 2 is 2.11 bits per heavy atom. The highest BCUT2D eigenvalue weighted by atomic mass is 35.5. The fourth-order valence-electron chi connectivity index (χ4n) is 3.20. The Bertz CT molecular complexity index is 868. The van der Waals surface area contributed by atoms with Crippen LogP contribution in [0.3, 0.4) is 0 Å². The molecule has 0 unspecified atom stereocenters. The molecule has 2 heterocycles. The maximum atomic E-state index is 13.0. The number of nitrogens with zero attached hydrogens (tertiary/aromatic N) is 1. The monoisotopic (exact) mass is 431 g/mol. The Kier molecular flexibility index (Phi) is 6.43. The van der Waals surface area contributed by atoms with E-state index in [1.54, 1.807) is 7.11 Å². The summed E-state index contributed by atoms with van der Waals surface area (Å²) in [4.78, 5) is 23.4. The van der Waals surface area contributed by atoms with E-state index in [2.05, 4.69) is 10.6 Å². The highest BCUT2D eigenvalue weighted by Crippen LogP contribution is 2.37. The molecule has 2 aliphatic heterocycles. The summed E-state index contributed by atoms with van der Waals surface area (Å²) >= 11 is 6.17. The fourth-order valence-corrected chi connectivity index (χ4v) is 5.18. The molecule has 0 saturated carbocycles. The van der Waals surface area contributed by atoms with Crippen LogP contribution in [0.15, 0.2) is 17.0 Å². The van der Waals surface area contributed by atoms with E-state index < -0.39 is 10.0 Å². The number of nitrogens with one attached hydrogen (secondary N) is 2. The third-order valence-corrected chi connectivity index (χ3v) is 7.08. The summed E-state index contributed by atoms with van der Waals surface area (Å²) in [6.07, 6.45) is 0.848. The summed E-state index contributed by atoms with van der Waals surface area (Å²) in [5.41, 5.74) is 0.339. The minimum atomic E-state index is -3.85. The molecule has 28 heavy (non-hydrogen) atoms. The molecule has 0 spiro atoms. The number of benzene rings is 1. The largest absolute Gasteiger partial charge is 0.482 e. The predicted octanol–water partition coefficient (Wildman–Crippen LogP) is 0.834. The lowest BCUT2D eigenvalue weighted by atomic mass is 9.97. The average molecular weight is 432 g/mol. The number of amides is 2. The summed E-state index contributed by atoms with van der Waals surface area (Å²) in [6.45, 7) is 1.11. The third kappa shape index (κ3) is 4.40. The molecular formula is C17H22ClN3O6S. The van der Waals surface area contributed by atoms with Crippen molar-refractivity contribution >= 4 is 39.1 Å². The van der Waals surface area contributed by atoms with Gasteiger partial charge in [-0.15, -0.1) is 0 Å². The zero-order valence-electron chi connectivity index (χ0n) is 15.4. The molecule has 2 N–H and O–H groups in total. The Morgan fingerprint density at radius 3 is 2.79 bits per heavy atom. The molecule has 0 radical (unpaired) electrons. The van der Waals surface area contributed by atoms with E-state index in [-0.39, 0.29) is 53.1 Å². The highest BCUT2D eigenvalue weighted by Gasteiger charge is 2.34. The van der Waals surface area contributed by atoms with Crippen LogP contribution in [-0.4, -0.2) is 64.5 Å². The first-order valence-corrected chi connectivity index (χ1v) is 10.7. The number of piperidine rings is 1. The molecule has 0 atom stereocenters. The summed E-state index contributed by atoms with van der Waals surface area (Å²) in [7, 11) is -2.30. The van der Waals surface area contributed by atoms with Crippen molar-refractivity contribution < 1.29 is 27.5 Å². The lowest BCUT2D eigenvalue weighted by Gasteiger charge is -2.31. The summed E-state index contributed by atoms with van der Waals surface area (Å²) in [6, 6.07) is 2.70. The number of halogens is 1. The van der Waals surface area contributed by atoms with Crippen LogP contribution in [-0.2, 0) is 24.3 Å². The second-order valence-corrected chi connectivity index (χ2v) is 8.89. The van der Waals surface area contributed by atoms with Crippen LogP contribution >= 0.6 is 11.6 Å². The standard InChI is InChI=1S/C17H22ClN3O6S/c1-26-7-4-19-17(23)11-2-5-21(6-3-11)28(24,25)15-9-14-13(8-12(15)18)20-16(22)10-27-14/h8-9,11H,2-7,10H2,1H3,(H,19,23)(H,20,22). The van der Waals surface area contributed by atoms with Crippen LogP contribution in [0.2, 0.25) is 5.02 Å². The maximum absolute atomic E-state index is 13.0. The smallest absolute Gasteiger partial charge is 0.262 e. The zero-order valence-corrected chi connectivity index (χ0v) is 16.9. The van der Waals surface area contributed by atoms with Crippen molar-refractivity contribution in [2.75, 3.05) is 45.3 Å². The molecule has 0 bridgehead atoms. The molecule has 11 heteroatoms. The lowest BCUT2D eigenvalue weighted by Crippen LogP contribution is -2.43. The number of carbonyl (C=O) groups excluding carboxylic acids is 2. The maximum Gasteiger partial charge on any atom is 0.262 e. The molecule has 1 aromatic carbocycles. The molecule has 1 saturated heterocycles. The van der Waals surface area contributed by atoms with Gasteiger partial charge in [-0.1, -0.05) is 11.6 Å². The van der Waals surface area contributed by atoms with Gasteiger partial charge in [0.2, 0.25) is 15.9 Å². The SMILES string of the molecule is COCCNC(=O)C1CCN(S(=O)(=O)c2cc3c(cc2Cl)NC(=O)CO3)CC1. The minimum Gasteiger partial charge on any atom is -0.482 e. The molecule has 1 fully saturated rings. The van der Waals surface area contributed by atoms with Gasteiger partial charge in [0, 0.05) is 38.7 Å². The van der Waals surface area contributed by atoms with Gasteiger partial charge in [0.25, 0.3) is 5.91 Å². The number of hydrogen-bond donors (Lipinski definition) is 2. The fraction of sp³-hybridized carbons (Fsp3) is 0.529. The van der Waals surface area contributed by atoms with Gasteiger partial charge in [0.05, 0.1) is 17.3 Å². The van der Waals surface area contributed by atoms with Gasteiger partial charge in [-0.3, -0.25) is 9.59 Å². The molecule has 9 nitrogen and oxygen atoms in total. The second-order valence-electron chi connectivity index (χ2n) is 6.58. The highest BCUT2D eigenvalue weighted by molar-refractivity contribution is 7.89. The van der Waals surface area contributed by atoms with Crippen molar-refractivity contribution in [2.45, 2.75) is 17.7 Å². The van der Waals surface area contributed by atoms with Gasteiger partial charge >= 0.3 is 0 Å². The van der Waals surface area contributed by atoms with Crippen molar-refractivity contribution in [3.05, 3.63) is 17.2 Å². The average Bonchev–Trinajstić information content (AvgIpc) is 2.67. The Hall–Kier alpha value is -1.88. The van der Waals surface area contributed by atoms with Crippen LogP contribution in [0.5, 0.6) is 5.75 Å². The van der Waals surface area contributed by atoms with Crippen LogP contribution in [0.1, 0.15) is 12.8 Å². The van der Waals surface area contributed by atoms with Crippen LogP contribution in [0, 0.1) is 5.92 Å². The van der Waals surface area contributed by atoms with Crippen LogP contribution < -0.4 is 15.4 Å². The molecule has 3 rings (SSSR count). The van der Waals surface area contributed by atoms with E-state index in [1.165, 1.54) is 16.4 Å². The van der Waals surface area contributed by atoms with E-state index in [0.29, 0.717) is 31.7 Å². The van der Waals surface area contributed by atoms with E-state index in [9.17, 15) is 18.0 Å². The molecule has 2 amide bonds. The molecule has 1 aromatic rings. The van der Waals surface area contributed by atoms with Crippen molar-refractivity contribution in [1.82, 2.24) is 9.62 Å². The predicted molar refractivity (Wildman–Crippen MR) is 102 cm³/mol. The Balaban J connectivity index is 1.69. The second kappa shape index (κ2) is 8.64. The van der Waals surface area contributed by atoms with Crippen molar-refractivity contribution in [3.8, 4) is 5.75 Å². The quantitative estimate of drug-likeness (QED) is 0.645. The third-order valence-electron chi connectivity index (χ3n) is 4.71. The van der Waals surface area contributed by atoms with Gasteiger partial charge in [-0.05, 0) is 18.9 Å². The van der Waals surface area contributed by atoms with Crippen LogP contribution in [0.4, 0.5) is 5.69 Å². The molecule has 0 aliphatic carbocycles. The van der Waals surface area contributed by atoms with Gasteiger partial charge in [0.15, 0.2) is 6.61 Å². The first kappa shape index (κ1) is 20.8. The number of rotatable bonds is 6. The first-order chi connectivity index (χ1) is 13.3. The minimum absolute atomic E-state index is 0.00369. The summed E-state index contributed by atoms with van der Waals surface area (Å²) < 4.78 is 37.6. The molecule has 154 valence electrons. The summed E-state index contributed by atoms with van der Waals surface area (Å²) in [5.74, 6) is -0.397.